The van der Waals surface area contributed by atoms with E-state index in [1.54, 1.807) is 71.9 Å². The standard InChI is InChI=1S/C29H36F6N2O5/c1-25(2,3)41-23(38)36-13-12-27(20-10-8-7-9-11-20,37-24(39)42-26(4,5)6)18-40-17-19-14-21(28(30,31)32)16-22(15-19)29(33,34)35/h7-11,14-16H,12-13,17-18H2,1-6H3,(H,36,38)(H,37,39)/p-1. The molecule has 0 aliphatic heterocycles. The summed E-state index contributed by atoms with van der Waals surface area (Å²) in [6.07, 6.45) is -11.8. The minimum atomic E-state index is -5.02. The zero-order chi connectivity index (χ0) is 32.0. The van der Waals surface area contributed by atoms with Crippen LogP contribution < -0.4 is 10.4 Å². The molecule has 1 unspecified atom stereocenters. The molecular weight excluding hydrogens is 570 g/mol. The third-order valence-corrected chi connectivity index (χ3v) is 5.50. The number of carbonyl (C=O) groups is 1. The molecule has 0 aromatic heterocycles. The van der Waals surface area contributed by atoms with E-state index in [4.69, 9.17) is 14.2 Å². The first-order valence-corrected chi connectivity index (χ1v) is 12.9. The molecule has 0 radical (unpaired) electrons. The Morgan fingerprint density at radius 1 is 0.810 bits per heavy atom. The summed E-state index contributed by atoms with van der Waals surface area (Å²) in [5.41, 5.74) is -6.04. The van der Waals surface area contributed by atoms with E-state index in [1.165, 1.54) is 0 Å². The Kier molecular flexibility index (Phi) is 10.9. The third kappa shape index (κ3) is 11.4. The van der Waals surface area contributed by atoms with Crippen molar-refractivity contribution in [2.75, 3.05) is 13.2 Å². The normalized spacial score (nSPS) is 14.7. The van der Waals surface area contributed by atoms with Crippen molar-refractivity contribution in [2.24, 2.45) is 4.99 Å². The van der Waals surface area contributed by atoms with Crippen molar-refractivity contribution in [3.8, 4) is 0 Å². The number of hydrogen-bond acceptors (Lipinski definition) is 6. The topological polar surface area (TPSA) is 92.2 Å². The quantitative estimate of drug-likeness (QED) is 0.198. The molecule has 1 amide bonds. The Balaban J connectivity index is 2.46. The zero-order valence-electron chi connectivity index (χ0n) is 24.2. The van der Waals surface area contributed by atoms with E-state index >= 15 is 0 Å². The van der Waals surface area contributed by atoms with Gasteiger partial charge in [-0.15, -0.1) is 0 Å². The van der Waals surface area contributed by atoms with Crippen molar-refractivity contribution < 1.29 is 50.5 Å². The van der Waals surface area contributed by atoms with E-state index in [0.717, 1.165) is 0 Å². The highest BCUT2D eigenvalue weighted by Crippen LogP contribution is 2.37. The lowest BCUT2D eigenvalue weighted by molar-refractivity contribution is -0.260. The van der Waals surface area contributed by atoms with E-state index in [1.807, 2.05) is 0 Å². The maximum absolute atomic E-state index is 13.3. The van der Waals surface area contributed by atoms with Crippen LogP contribution in [0.4, 0.5) is 31.1 Å². The van der Waals surface area contributed by atoms with Gasteiger partial charge >= 0.3 is 18.4 Å². The SMILES string of the molecule is CC(C)(C)OC(=O)NC(CCN=C([O-])OC(C)(C)C)(COCc1cc(C(F)(F)F)cc(C(F)(F)F)c1)c1ccccc1. The van der Waals surface area contributed by atoms with Crippen molar-refractivity contribution in [1.82, 2.24) is 5.32 Å². The number of nitrogens with zero attached hydrogens (tertiary/aromatic N) is 1. The fourth-order valence-corrected chi connectivity index (χ4v) is 3.80. The summed E-state index contributed by atoms with van der Waals surface area (Å²) < 4.78 is 96.3. The van der Waals surface area contributed by atoms with Gasteiger partial charge in [0.15, 0.2) is 0 Å². The molecule has 0 fully saturated rings. The van der Waals surface area contributed by atoms with Gasteiger partial charge in [0.25, 0.3) is 0 Å². The molecule has 0 aliphatic carbocycles. The number of nitrogens with one attached hydrogen (secondary N) is 1. The van der Waals surface area contributed by atoms with Gasteiger partial charge < -0.3 is 24.6 Å². The van der Waals surface area contributed by atoms with E-state index in [0.29, 0.717) is 17.7 Å². The van der Waals surface area contributed by atoms with E-state index in [9.17, 15) is 36.2 Å². The Morgan fingerprint density at radius 3 is 1.81 bits per heavy atom. The fraction of sp³-hybridized carbons (Fsp3) is 0.517. The monoisotopic (exact) mass is 605 g/mol. The maximum atomic E-state index is 13.3. The molecule has 234 valence electrons. The number of alkyl carbamates (subject to hydrolysis) is 1. The van der Waals surface area contributed by atoms with Crippen LogP contribution in [0.3, 0.4) is 0 Å². The molecule has 7 nitrogen and oxygen atoms in total. The van der Waals surface area contributed by atoms with Crippen LogP contribution in [0, 0.1) is 0 Å². The van der Waals surface area contributed by atoms with Gasteiger partial charge in [-0.2, -0.15) is 26.3 Å². The highest BCUT2D eigenvalue weighted by molar-refractivity contribution is 5.69. The Labute approximate surface area is 240 Å². The molecule has 2 aromatic rings. The summed E-state index contributed by atoms with van der Waals surface area (Å²) in [7, 11) is 0. The molecule has 1 N–H and O–H groups in total. The number of ether oxygens (including phenoxy) is 3. The van der Waals surface area contributed by atoms with Crippen LogP contribution >= 0.6 is 0 Å². The number of halogens is 6. The summed E-state index contributed by atoms with van der Waals surface area (Å²) in [5, 5.41) is 14.9. The van der Waals surface area contributed by atoms with Crippen molar-refractivity contribution >= 4 is 12.2 Å². The van der Waals surface area contributed by atoms with Gasteiger partial charge in [0.1, 0.15) is 11.7 Å². The van der Waals surface area contributed by atoms with Gasteiger partial charge in [0.05, 0.1) is 29.9 Å². The van der Waals surface area contributed by atoms with E-state index < -0.39 is 65.6 Å². The molecular formula is C29H35F6N2O5-. The molecule has 2 aromatic carbocycles. The number of aliphatic imine (C=N–C) groups is 1. The Morgan fingerprint density at radius 2 is 1.33 bits per heavy atom. The second kappa shape index (κ2) is 13.2. The third-order valence-electron chi connectivity index (χ3n) is 5.50. The molecule has 0 aliphatic rings. The first-order chi connectivity index (χ1) is 19.1. The second-order valence-electron chi connectivity index (χ2n) is 11.6. The molecule has 2 rings (SSSR count). The molecule has 0 heterocycles. The van der Waals surface area contributed by atoms with Gasteiger partial charge in [-0.1, -0.05) is 51.1 Å². The Bertz CT molecular complexity index is 1190. The van der Waals surface area contributed by atoms with Crippen LogP contribution in [0.2, 0.25) is 0 Å². The Hall–Kier alpha value is -3.48. The average molecular weight is 606 g/mol. The van der Waals surface area contributed by atoms with Gasteiger partial charge in [-0.3, -0.25) is 4.99 Å². The zero-order valence-corrected chi connectivity index (χ0v) is 24.2. The summed E-state index contributed by atoms with van der Waals surface area (Å²) in [6, 6.07) is 9.47. The van der Waals surface area contributed by atoms with Crippen molar-refractivity contribution in [1.29, 1.82) is 0 Å². The van der Waals surface area contributed by atoms with Crippen LogP contribution in [0.1, 0.15) is 70.2 Å². The number of alkyl halides is 6. The summed E-state index contributed by atoms with van der Waals surface area (Å²) >= 11 is 0. The van der Waals surface area contributed by atoms with E-state index in [2.05, 4.69) is 10.3 Å². The van der Waals surface area contributed by atoms with Crippen molar-refractivity contribution in [2.45, 2.75) is 83.7 Å². The summed E-state index contributed by atoms with van der Waals surface area (Å²) in [6.45, 7) is 8.63. The molecule has 1 atom stereocenters. The molecule has 0 saturated heterocycles. The van der Waals surface area contributed by atoms with Gasteiger partial charge in [-0.05, 0) is 56.5 Å². The minimum absolute atomic E-state index is 0.0278. The molecule has 0 bridgehead atoms. The predicted octanol–water partition coefficient (Wildman–Crippen LogP) is 6.58. The smallest absolute Gasteiger partial charge is 0.416 e. The first kappa shape index (κ1) is 34.7. The largest absolute Gasteiger partial charge is 0.595 e. The van der Waals surface area contributed by atoms with Crippen LogP contribution in [0.5, 0.6) is 0 Å². The molecule has 42 heavy (non-hydrogen) atoms. The van der Waals surface area contributed by atoms with Crippen molar-refractivity contribution in [3.05, 3.63) is 70.8 Å². The van der Waals surface area contributed by atoms with Gasteiger partial charge in [-0.25, -0.2) is 4.79 Å². The summed E-state index contributed by atoms with van der Waals surface area (Å²) in [5.74, 6) is 0. The lowest BCUT2D eigenvalue weighted by Gasteiger charge is -2.36. The minimum Gasteiger partial charge on any atom is -0.595 e. The molecule has 13 heteroatoms. The maximum Gasteiger partial charge on any atom is 0.416 e. The highest BCUT2D eigenvalue weighted by atomic mass is 19.4. The van der Waals surface area contributed by atoms with Crippen molar-refractivity contribution in [3.63, 3.8) is 0 Å². The number of hydrogen-bond donors (Lipinski definition) is 1. The average Bonchev–Trinajstić information content (AvgIpc) is 2.81. The van der Waals surface area contributed by atoms with E-state index in [-0.39, 0.29) is 24.6 Å². The highest BCUT2D eigenvalue weighted by Gasteiger charge is 2.38. The number of benzene rings is 2. The number of amides is 1. The van der Waals surface area contributed by atoms with Crippen LogP contribution in [-0.2, 0) is 38.7 Å². The van der Waals surface area contributed by atoms with Crippen LogP contribution in [-0.4, -0.2) is 36.5 Å². The molecule has 0 spiro atoms. The fourth-order valence-electron chi connectivity index (χ4n) is 3.80. The van der Waals surface area contributed by atoms with Gasteiger partial charge in [0.2, 0.25) is 0 Å². The van der Waals surface area contributed by atoms with Crippen LogP contribution in [0.15, 0.2) is 53.5 Å². The van der Waals surface area contributed by atoms with Crippen LogP contribution in [0.25, 0.3) is 0 Å². The predicted molar refractivity (Wildman–Crippen MR) is 141 cm³/mol. The van der Waals surface area contributed by atoms with Gasteiger partial charge in [0, 0.05) is 12.1 Å². The number of carbonyl (C=O) groups excluding carboxylic acids is 1. The summed E-state index contributed by atoms with van der Waals surface area (Å²) in [4.78, 5) is 16.8. The lowest BCUT2D eigenvalue weighted by atomic mass is 9.87. The lowest BCUT2D eigenvalue weighted by Crippen LogP contribution is -2.51. The second-order valence-corrected chi connectivity index (χ2v) is 11.6. The molecule has 0 saturated carbocycles. The number of rotatable bonds is 9. The first-order valence-electron chi connectivity index (χ1n) is 12.9.